The monoisotopic (exact) mass is 196 g/mol. The van der Waals surface area contributed by atoms with Crippen LogP contribution >= 0.6 is 0 Å². The van der Waals surface area contributed by atoms with Gasteiger partial charge in [-0.15, -0.1) is 0 Å². The van der Waals surface area contributed by atoms with E-state index >= 15 is 0 Å². The standard InChI is InChI=1S/C10H16N2O2/c13-7-11-9-3-5-12(6-4-9)10(14)8-1-2-8/h7-9H,1-6H2,(H,11,13). The summed E-state index contributed by atoms with van der Waals surface area (Å²) in [6.07, 6.45) is 4.70. The van der Waals surface area contributed by atoms with E-state index in [-0.39, 0.29) is 6.04 Å². The molecule has 0 unspecified atom stereocenters. The largest absolute Gasteiger partial charge is 0.356 e. The van der Waals surface area contributed by atoms with E-state index in [0.717, 1.165) is 45.2 Å². The molecule has 0 aromatic carbocycles. The SMILES string of the molecule is O=CNC1CCN(C(=O)C2CC2)CC1. The van der Waals surface area contributed by atoms with Crippen LogP contribution in [0.2, 0.25) is 0 Å². The first-order valence-corrected chi connectivity index (χ1v) is 5.29. The lowest BCUT2D eigenvalue weighted by Gasteiger charge is -2.31. The van der Waals surface area contributed by atoms with Crippen molar-refractivity contribution in [2.75, 3.05) is 13.1 Å². The molecule has 0 aromatic heterocycles. The Hall–Kier alpha value is -1.06. The van der Waals surface area contributed by atoms with E-state index in [1.165, 1.54) is 0 Å². The molecule has 14 heavy (non-hydrogen) atoms. The van der Waals surface area contributed by atoms with Crippen molar-refractivity contribution in [2.24, 2.45) is 5.92 Å². The van der Waals surface area contributed by atoms with E-state index < -0.39 is 0 Å². The lowest BCUT2D eigenvalue weighted by molar-refractivity contribution is -0.133. The van der Waals surface area contributed by atoms with E-state index in [1.807, 2.05) is 4.90 Å². The van der Waals surface area contributed by atoms with Gasteiger partial charge in [-0.2, -0.15) is 0 Å². The van der Waals surface area contributed by atoms with Crippen LogP contribution in [0.25, 0.3) is 0 Å². The fraction of sp³-hybridized carbons (Fsp3) is 0.800. The van der Waals surface area contributed by atoms with Crippen LogP contribution in [0, 0.1) is 5.92 Å². The van der Waals surface area contributed by atoms with Gasteiger partial charge in [-0.25, -0.2) is 0 Å². The normalized spacial score (nSPS) is 23.3. The number of likely N-dealkylation sites (tertiary alicyclic amines) is 1. The molecule has 1 heterocycles. The van der Waals surface area contributed by atoms with Gasteiger partial charge in [-0.3, -0.25) is 9.59 Å². The number of rotatable bonds is 3. The van der Waals surface area contributed by atoms with Crippen LogP contribution in [0.15, 0.2) is 0 Å². The molecule has 78 valence electrons. The molecule has 4 nitrogen and oxygen atoms in total. The van der Waals surface area contributed by atoms with Crippen molar-refractivity contribution in [3.63, 3.8) is 0 Å². The van der Waals surface area contributed by atoms with Gasteiger partial charge in [-0.1, -0.05) is 0 Å². The Kier molecular flexibility index (Phi) is 2.70. The van der Waals surface area contributed by atoms with Gasteiger partial charge in [0.05, 0.1) is 0 Å². The summed E-state index contributed by atoms with van der Waals surface area (Å²) in [7, 11) is 0. The van der Waals surface area contributed by atoms with Gasteiger partial charge in [0.25, 0.3) is 0 Å². The highest BCUT2D eigenvalue weighted by atomic mass is 16.2. The third-order valence-corrected chi connectivity index (χ3v) is 3.04. The maximum absolute atomic E-state index is 11.7. The Labute approximate surface area is 83.6 Å². The third kappa shape index (κ3) is 2.05. The molecule has 0 aromatic rings. The quantitative estimate of drug-likeness (QED) is 0.652. The molecular weight excluding hydrogens is 180 g/mol. The fourth-order valence-electron chi connectivity index (χ4n) is 1.95. The number of hydrogen-bond acceptors (Lipinski definition) is 2. The second-order valence-electron chi connectivity index (χ2n) is 4.16. The molecule has 0 bridgehead atoms. The predicted molar refractivity (Wildman–Crippen MR) is 51.5 cm³/mol. The number of carbonyl (C=O) groups is 2. The minimum atomic E-state index is 0.274. The average molecular weight is 196 g/mol. The second kappa shape index (κ2) is 3.98. The van der Waals surface area contributed by atoms with E-state index in [4.69, 9.17) is 0 Å². The summed E-state index contributed by atoms with van der Waals surface area (Å²) in [5.41, 5.74) is 0. The van der Waals surface area contributed by atoms with Crippen LogP contribution < -0.4 is 5.32 Å². The molecule has 4 heteroatoms. The highest BCUT2D eigenvalue weighted by molar-refractivity contribution is 5.81. The number of nitrogens with zero attached hydrogens (tertiary/aromatic N) is 1. The zero-order chi connectivity index (χ0) is 9.97. The van der Waals surface area contributed by atoms with Gasteiger partial charge < -0.3 is 10.2 Å². The Bertz CT molecular complexity index is 230. The predicted octanol–water partition coefficient (Wildman–Crippen LogP) is 0.133. The van der Waals surface area contributed by atoms with Gasteiger partial charge in [0.15, 0.2) is 0 Å². The van der Waals surface area contributed by atoms with Crippen molar-refractivity contribution in [3.8, 4) is 0 Å². The molecule has 1 saturated heterocycles. The molecule has 1 aliphatic heterocycles. The van der Waals surface area contributed by atoms with Gasteiger partial charge in [-0.05, 0) is 25.7 Å². The average Bonchev–Trinajstić information content (AvgIpc) is 3.02. The van der Waals surface area contributed by atoms with Crippen LogP contribution in [0.5, 0.6) is 0 Å². The molecule has 1 saturated carbocycles. The molecule has 2 rings (SSSR count). The molecule has 2 fully saturated rings. The topological polar surface area (TPSA) is 49.4 Å². The Morgan fingerprint density at radius 2 is 1.86 bits per heavy atom. The third-order valence-electron chi connectivity index (χ3n) is 3.04. The summed E-state index contributed by atoms with van der Waals surface area (Å²) in [5, 5.41) is 2.77. The van der Waals surface area contributed by atoms with Crippen molar-refractivity contribution < 1.29 is 9.59 Å². The van der Waals surface area contributed by atoms with Gasteiger partial charge in [0.1, 0.15) is 0 Å². The van der Waals surface area contributed by atoms with E-state index in [2.05, 4.69) is 5.32 Å². The Morgan fingerprint density at radius 3 is 2.36 bits per heavy atom. The molecule has 0 atom stereocenters. The number of amides is 2. The minimum Gasteiger partial charge on any atom is -0.356 e. The molecule has 2 aliphatic rings. The van der Waals surface area contributed by atoms with Crippen LogP contribution in [0.3, 0.4) is 0 Å². The fourth-order valence-corrected chi connectivity index (χ4v) is 1.95. The first-order valence-electron chi connectivity index (χ1n) is 5.29. The zero-order valence-corrected chi connectivity index (χ0v) is 8.24. The van der Waals surface area contributed by atoms with Crippen molar-refractivity contribution >= 4 is 12.3 Å². The van der Waals surface area contributed by atoms with Crippen LogP contribution in [-0.4, -0.2) is 36.3 Å². The number of piperidine rings is 1. The lowest BCUT2D eigenvalue weighted by Crippen LogP contribution is -2.45. The van der Waals surface area contributed by atoms with Crippen molar-refractivity contribution in [2.45, 2.75) is 31.7 Å². The molecule has 1 aliphatic carbocycles. The van der Waals surface area contributed by atoms with E-state index in [0.29, 0.717) is 11.8 Å². The first kappa shape index (κ1) is 9.49. The van der Waals surface area contributed by atoms with Gasteiger partial charge in [0.2, 0.25) is 12.3 Å². The van der Waals surface area contributed by atoms with Gasteiger partial charge in [0, 0.05) is 25.0 Å². The summed E-state index contributed by atoms with van der Waals surface area (Å²) >= 11 is 0. The molecule has 1 N–H and O–H groups in total. The summed E-state index contributed by atoms with van der Waals surface area (Å²) < 4.78 is 0. The van der Waals surface area contributed by atoms with E-state index in [1.54, 1.807) is 0 Å². The summed E-state index contributed by atoms with van der Waals surface area (Å²) in [4.78, 5) is 23.8. The van der Waals surface area contributed by atoms with Crippen LogP contribution in [0.1, 0.15) is 25.7 Å². The molecule has 0 spiro atoms. The maximum atomic E-state index is 11.7. The van der Waals surface area contributed by atoms with Crippen molar-refractivity contribution in [1.82, 2.24) is 10.2 Å². The van der Waals surface area contributed by atoms with Crippen LogP contribution in [0.4, 0.5) is 0 Å². The molecule has 0 radical (unpaired) electrons. The Balaban J connectivity index is 1.77. The first-order chi connectivity index (χ1) is 6.81. The number of nitrogens with one attached hydrogen (secondary N) is 1. The molecule has 2 amide bonds. The maximum Gasteiger partial charge on any atom is 0.225 e. The summed E-state index contributed by atoms with van der Waals surface area (Å²) in [6, 6.07) is 0.274. The highest BCUT2D eigenvalue weighted by Gasteiger charge is 2.34. The summed E-state index contributed by atoms with van der Waals surface area (Å²) in [5.74, 6) is 0.653. The number of carbonyl (C=O) groups excluding carboxylic acids is 2. The molecular formula is C10H16N2O2. The van der Waals surface area contributed by atoms with E-state index in [9.17, 15) is 9.59 Å². The van der Waals surface area contributed by atoms with Crippen LogP contribution in [-0.2, 0) is 9.59 Å². The lowest BCUT2D eigenvalue weighted by atomic mass is 10.0. The minimum absolute atomic E-state index is 0.274. The van der Waals surface area contributed by atoms with Crippen molar-refractivity contribution in [1.29, 1.82) is 0 Å². The second-order valence-corrected chi connectivity index (χ2v) is 4.16. The zero-order valence-electron chi connectivity index (χ0n) is 8.24. The van der Waals surface area contributed by atoms with Gasteiger partial charge >= 0.3 is 0 Å². The van der Waals surface area contributed by atoms with Crippen molar-refractivity contribution in [3.05, 3.63) is 0 Å². The number of hydrogen-bond donors (Lipinski definition) is 1. The smallest absolute Gasteiger partial charge is 0.225 e. The highest BCUT2D eigenvalue weighted by Crippen LogP contribution is 2.31. The summed E-state index contributed by atoms with van der Waals surface area (Å²) in [6.45, 7) is 1.61. The Morgan fingerprint density at radius 1 is 1.21 bits per heavy atom.